The first-order valence-corrected chi connectivity index (χ1v) is 7.24. The first-order valence-electron chi connectivity index (χ1n) is 5.88. The summed E-state index contributed by atoms with van der Waals surface area (Å²) in [5, 5.41) is 11.0. The highest BCUT2D eigenvalue weighted by Gasteiger charge is 2.08. The molecule has 2 aromatic carbocycles. The van der Waals surface area contributed by atoms with Gasteiger partial charge in [-0.3, -0.25) is 14.9 Å². The average molecular weight is 324 g/mol. The zero-order valence-corrected chi connectivity index (χ0v) is 12.3. The fourth-order valence-corrected chi connectivity index (χ4v) is 2.35. The number of non-ortho nitro benzene ring substituents is 1. The second-order valence-electron chi connectivity index (χ2n) is 3.97. The van der Waals surface area contributed by atoms with Crippen LogP contribution in [0.4, 0.5) is 5.69 Å². The van der Waals surface area contributed by atoms with Gasteiger partial charge in [0.1, 0.15) is 5.75 Å². The van der Waals surface area contributed by atoms with Crippen LogP contribution < -0.4 is 4.74 Å². The number of hydrogen-bond donors (Lipinski definition) is 0. The van der Waals surface area contributed by atoms with E-state index in [9.17, 15) is 14.9 Å². The predicted molar refractivity (Wildman–Crippen MR) is 80.9 cm³/mol. The number of rotatable bonds is 5. The maximum absolute atomic E-state index is 11.7. The van der Waals surface area contributed by atoms with Crippen molar-refractivity contribution in [2.24, 2.45) is 0 Å². The summed E-state index contributed by atoms with van der Waals surface area (Å²) >= 11 is 7.03. The molecule has 5 nitrogen and oxygen atoms in total. The second-order valence-corrected chi connectivity index (χ2v) is 5.46. The van der Waals surface area contributed by atoms with E-state index < -0.39 is 10.9 Å². The van der Waals surface area contributed by atoms with Crippen LogP contribution >= 0.6 is 23.4 Å². The molecule has 7 heteroatoms. The lowest BCUT2D eigenvalue weighted by atomic mass is 10.3. The molecule has 2 rings (SSSR count). The molecule has 0 aliphatic heterocycles. The second kappa shape index (κ2) is 7.10. The van der Waals surface area contributed by atoms with Crippen molar-refractivity contribution in [1.29, 1.82) is 0 Å². The third-order valence-electron chi connectivity index (χ3n) is 2.43. The Balaban J connectivity index is 1.87. The van der Waals surface area contributed by atoms with Crippen LogP contribution in [0, 0.1) is 10.1 Å². The Kier molecular flexibility index (Phi) is 5.19. The van der Waals surface area contributed by atoms with Gasteiger partial charge < -0.3 is 4.74 Å². The molecule has 0 aromatic heterocycles. The molecule has 0 bridgehead atoms. The zero-order chi connectivity index (χ0) is 15.2. The minimum atomic E-state index is -0.470. The number of benzene rings is 2. The predicted octanol–water partition coefficient (Wildman–Crippen LogP) is 3.95. The van der Waals surface area contributed by atoms with Gasteiger partial charge in [-0.2, -0.15) is 0 Å². The molecule has 0 atom stereocenters. The van der Waals surface area contributed by atoms with Crippen molar-refractivity contribution in [3.05, 3.63) is 63.7 Å². The number of halogens is 1. The van der Waals surface area contributed by atoms with Gasteiger partial charge in [-0.25, -0.2) is 0 Å². The lowest BCUT2D eigenvalue weighted by Gasteiger charge is -2.04. The topological polar surface area (TPSA) is 69.4 Å². The van der Waals surface area contributed by atoms with Gasteiger partial charge in [-0.15, -0.1) is 11.8 Å². The molecule has 0 N–H and O–H groups in total. The molecule has 0 radical (unpaired) electrons. The van der Waals surface area contributed by atoms with Gasteiger partial charge in [-0.05, 0) is 30.3 Å². The van der Waals surface area contributed by atoms with Crippen molar-refractivity contribution in [1.82, 2.24) is 0 Å². The Morgan fingerprint density at radius 3 is 2.57 bits per heavy atom. The highest BCUT2D eigenvalue weighted by atomic mass is 35.5. The van der Waals surface area contributed by atoms with Crippen LogP contribution in [0.2, 0.25) is 5.02 Å². The largest absolute Gasteiger partial charge is 0.426 e. The van der Waals surface area contributed by atoms with E-state index in [2.05, 4.69) is 0 Å². The minimum Gasteiger partial charge on any atom is -0.426 e. The molecular weight excluding hydrogens is 314 g/mol. The normalized spacial score (nSPS) is 10.1. The highest BCUT2D eigenvalue weighted by molar-refractivity contribution is 8.00. The molecule has 21 heavy (non-hydrogen) atoms. The van der Waals surface area contributed by atoms with E-state index in [4.69, 9.17) is 16.3 Å². The molecule has 0 saturated heterocycles. The number of carbonyl (C=O) groups is 1. The average Bonchev–Trinajstić information content (AvgIpc) is 2.45. The molecule has 2 aromatic rings. The van der Waals surface area contributed by atoms with Gasteiger partial charge in [0.2, 0.25) is 0 Å². The van der Waals surface area contributed by atoms with Crippen LogP contribution in [-0.4, -0.2) is 16.6 Å². The molecular formula is C14H10ClNO4S. The molecule has 0 heterocycles. The third kappa shape index (κ3) is 4.77. The molecule has 0 saturated carbocycles. The van der Waals surface area contributed by atoms with Gasteiger partial charge in [0.25, 0.3) is 5.69 Å². The molecule has 0 aliphatic rings. The van der Waals surface area contributed by atoms with Gasteiger partial charge in [0, 0.05) is 22.1 Å². The third-order valence-corrected chi connectivity index (χ3v) is 3.65. The molecule has 108 valence electrons. The van der Waals surface area contributed by atoms with Crippen LogP contribution in [0.15, 0.2) is 53.4 Å². The number of nitrogens with zero attached hydrogens (tertiary/aromatic N) is 1. The summed E-state index contributed by atoms with van der Waals surface area (Å²) in [4.78, 5) is 22.5. The van der Waals surface area contributed by atoms with E-state index in [1.807, 2.05) is 0 Å². The molecule has 0 fully saturated rings. The summed E-state index contributed by atoms with van der Waals surface area (Å²) in [5.41, 5.74) is 0.0147. The van der Waals surface area contributed by atoms with E-state index >= 15 is 0 Å². The van der Waals surface area contributed by atoms with E-state index in [0.717, 1.165) is 4.90 Å². The number of hydrogen-bond acceptors (Lipinski definition) is 5. The van der Waals surface area contributed by atoms with Crippen molar-refractivity contribution >= 4 is 35.0 Å². The Bertz CT molecular complexity index is 660. The summed E-state index contributed by atoms with van der Waals surface area (Å²) in [5.74, 6) is 0.0713. The van der Waals surface area contributed by atoms with Crippen LogP contribution in [0.1, 0.15) is 0 Å². The van der Waals surface area contributed by atoms with E-state index in [0.29, 0.717) is 10.8 Å². The summed E-state index contributed by atoms with van der Waals surface area (Å²) in [6.07, 6.45) is 0. The Labute approximate surface area is 130 Å². The monoisotopic (exact) mass is 323 g/mol. The van der Waals surface area contributed by atoms with Crippen molar-refractivity contribution in [2.75, 3.05) is 5.75 Å². The SMILES string of the molecule is O=C(CSc1ccc([N+](=O)[O-])cc1)Oc1cccc(Cl)c1. The van der Waals surface area contributed by atoms with Gasteiger partial charge >= 0.3 is 5.97 Å². The fraction of sp³-hybridized carbons (Fsp3) is 0.0714. The molecule has 0 unspecified atom stereocenters. The lowest BCUT2D eigenvalue weighted by molar-refractivity contribution is -0.384. The van der Waals surface area contributed by atoms with E-state index in [1.54, 1.807) is 36.4 Å². The number of esters is 1. The van der Waals surface area contributed by atoms with Crippen molar-refractivity contribution in [3.8, 4) is 5.75 Å². The van der Waals surface area contributed by atoms with Crippen molar-refractivity contribution in [2.45, 2.75) is 4.90 Å². The number of carbonyl (C=O) groups excluding carboxylic acids is 1. The Hall–Kier alpha value is -2.05. The highest BCUT2D eigenvalue weighted by Crippen LogP contribution is 2.22. The molecule has 0 amide bonds. The maximum Gasteiger partial charge on any atom is 0.321 e. The van der Waals surface area contributed by atoms with Crippen molar-refractivity contribution in [3.63, 3.8) is 0 Å². The summed E-state index contributed by atoms with van der Waals surface area (Å²) < 4.78 is 5.13. The quantitative estimate of drug-likeness (QED) is 0.274. The van der Waals surface area contributed by atoms with E-state index in [1.165, 1.54) is 23.9 Å². The summed E-state index contributed by atoms with van der Waals surface area (Å²) in [6.45, 7) is 0. The first kappa shape index (κ1) is 15.3. The molecule has 0 spiro atoms. The zero-order valence-electron chi connectivity index (χ0n) is 10.7. The lowest BCUT2D eigenvalue weighted by Crippen LogP contribution is -2.10. The number of ether oxygens (including phenoxy) is 1. The standard InChI is InChI=1S/C14H10ClNO4S/c15-10-2-1-3-12(8-10)20-14(17)9-21-13-6-4-11(5-7-13)16(18)19/h1-8H,9H2. The van der Waals surface area contributed by atoms with Crippen LogP contribution in [0.25, 0.3) is 0 Å². The number of nitro benzene ring substituents is 1. The van der Waals surface area contributed by atoms with Gasteiger partial charge in [0.05, 0.1) is 10.7 Å². The van der Waals surface area contributed by atoms with E-state index in [-0.39, 0.29) is 11.4 Å². The number of nitro groups is 1. The van der Waals surface area contributed by atoms with Gasteiger partial charge in [-0.1, -0.05) is 17.7 Å². The van der Waals surface area contributed by atoms with Crippen LogP contribution in [-0.2, 0) is 4.79 Å². The van der Waals surface area contributed by atoms with Crippen LogP contribution in [0.5, 0.6) is 5.75 Å². The van der Waals surface area contributed by atoms with Crippen LogP contribution in [0.3, 0.4) is 0 Å². The van der Waals surface area contributed by atoms with Gasteiger partial charge in [0.15, 0.2) is 0 Å². The summed E-state index contributed by atoms with van der Waals surface area (Å²) in [6, 6.07) is 12.5. The maximum atomic E-state index is 11.7. The fourth-order valence-electron chi connectivity index (χ4n) is 1.50. The minimum absolute atomic E-state index is 0.0147. The smallest absolute Gasteiger partial charge is 0.321 e. The Morgan fingerprint density at radius 2 is 1.95 bits per heavy atom. The first-order chi connectivity index (χ1) is 10.0. The number of thioether (sulfide) groups is 1. The summed E-state index contributed by atoms with van der Waals surface area (Å²) in [7, 11) is 0. The Morgan fingerprint density at radius 1 is 1.24 bits per heavy atom. The molecule has 0 aliphatic carbocycles. The van der Waals surface area contributed by atoms with Crippen molar-refractivity contribution < 1.29 is 14.5 Å².